The summed E-state index contributed by atoms with van der Waals surface area (Å²) in [5, 5.41) is 10.9. The molecule has 0 bridgehead atoms. The minimum Gasteiger partial charge on any atom is -0.493 e. The molecule has 80 valence electrons. The van der Waals surface area contributed by atoms with Gasteiger partial charge in [0, 0.05) is 11.1 Å². The van der Waals surface area contributed by atoms with Gasteiger partial charge in [-0.3, -0.25) is 10.1 Å². The maximum atomic E-state index is 10.9. The fraction of sp³-hybridized carbons (Fsp3) is 0.400. The van der Waals surface area contributed by atoms with Crippen LogP contribution in [-0.4, -0.2) is 11.5 Å². The molecule has 5 heteroatoms. The summed E-state index contributed by atoms with van der Waals surface area (Å²) in [6.45, 7) is 2.41. The van der Waals surface area contributed by atoms with Crippen molar-refractivity contribution in [3.63, 3.8) is 0 Å². The monoisotopic (exact) mass is 271 g/mol. The first-order valence-electron chi connectivity index (χ1n) is 4.70. The number of fused-ring (bicyclic) bond motifs is 1. The number of nitrogens with zero attached hydrogens (tertiary/aromatic N) is 1. The molecule has 2 rings (SSSR count). The molecule has 1 aromatic carbocycles. The van der Waals surface area contributed by atoms with E-state index in [0.717, 1.165) is 24.2 Å². The largest absolute Gasteiger partial charge is 0.493 e. The second-order valence-electron chi connectivity index (χ2n) is 3.54. The van der Waals surface area contributed by atoms with Gasteiger partial charge in [0.2, 0.25) is 0 Å². The van der Waals surface area contributed by atoms with Gasteiger partial charge in [0.15, 0.2) is 0 Å². The molecule has 0 aliphatic carbocycles. The number of hydrogen-bond donors (Lipinski definition) is 0. The van der Waals surface area contributed by atoms with Crippen LogP contribution in [0, 0.1) is 17.0 Å². The maximum absolute atomic E-state index is 10.9. The summed E-state index contributed by atoms with van der Waals surface area (Å²) in [7, 11) is 0. The third kappa shape index (κ3) is 1.71. The van der Waals surface area contributed by atoms with E-state index < -0.39 is 0 Å². The highest BCUT2D eigenvalue weighted by molar-refractivity contribution is 9.10. The molecule has 0 fully saturated rings. The highest BCUT2D eigenvalue weighted by Crippen LogP contribution is 2.40. The van der Waals surface area contributed by atoms with Crippen LogP contribution in [0.2, 0.25) is 0 Å². The molecule has 0 aromatic heterocycles. The first-order chi connectivity index (χ1) is 7.11. The van der Waals surface area contributed by atoms with Crippen LogP contribution in [0.15, 0.2) is 10.5 Å². The summed E-state index contributed by atoms with van der Waals surface area (Å²) in [5.74, 6) is 0.774. The SMILES string of the molecule is Cc1cc2c(c(Br)c1[N+](=O)[O-])CCCO2. The van der Waals surface area contributed by atoms with Gasteiger partial charge < -0.3 is 4.74 Å². The summed E-state index contributed by atoms with van der Waals surface area (Å²) in [6.07, 6.45) is 1.74. The number of aryl methyl sites for hydroxylation is 1. The van der Waals surface area contributed by atoms with Crippen LogP contribution in [0.25, 0.3) is 0 Å². The Balaban J connectivity index is 2.64. The molecule has 1 aromatic rings. The van der Waals surface area contributed by atoms with Crippen LogP contribution in [0.1, 0.15) is 17.5 Å². The van der Waals surface area contributed by atoms with Crippen molar-refractivity contribution >= 4 is 21.6 Å². The Bertz CT molecular complexity index is 431. The van der Waals surface area contributed by atoms with Crippen LogP contribution in [0.4, 0.5) is 5.69 Å². The summed E-state index contributed by atoms with van der Waals surface area (Å²) >= 11 is 3.30. The Hall–Kier alpha value is -1.10. The zero-order valence-corrected chi connectivity index (χ0v) is 9.83. The van der Waals surface area contributed by atoms with Crippen molar-refractivity contribution in [1.29, 1.82) is 0 Å². The predicted octanol–water partition coefficient (Wildman–Crippen LogP) is 2.99. The average Bonchev–Trinajstić information content (AvgIpc) is 2.17. The zero-order valence-electron chi connectivity index (χ0n) is 8.25. The molecular formula is C10H10BrNO3. The minimum absolute atomic E-state index is 0.152. The first-order valence-corrected chi connectivity index (χ1v) is 5.49. The molecule has 0 unspecified atom stereocenters. The number of halogens is 1. The van der Waals surface area contributed by atoms with Crippen LogP contribution >= 0.6 is 15.9 Å². The second kappa shape index (κ2) is 3.81. The fourth-order valence-electron chi connectivity index (χ4n) is 1.79. The molecule has 0 N–H and O–H groups in total. The third-order valence-corrected chi connectivity index (χ3v) is 3.36. The van der Waals surface area contributed by atoms with Crippen molar-refractivity contribution in [2.45, 2.75) is 19.8 Å². The number of rotatable bonds is 1. The molecule has 15 heavy (non-hydrogen) atoms. The highest BCUT2D eigenvalue weighted by Gasteiger charge is 2.24. The van der Waals surface area contributed by atoms with Crippen molar-refractivity contribution < 1.29 is 9.66 Å². The summed E-state index contributed by atoms with van der Waals surface area (Å²) in [5.41, 5.74) is 1.70. The van der Waals surface area contributed by atoms with Gasteiger partial charge >= 0.3 is 0 Å². The van der Waals surface area contributed by atoms with Gasteiger partial charge in [-0.15, -0.1) is 0 Å². The van der Waals surface area contributed by atoms with Gasteiger partial charge in [0.05, 0.1) is 11.5 Å². The van der Waals surface area contributed by atoms with E-state index in [-0.39, 0.29) is 10.6 Å². The molecule has 0 saturated carbocycles. The lowest BCUT2D eigenvalue weighted by molar-refractivity contribution is -0.386. The summed E-state index contributed by atoms with van der Waals surface area (Å²) in [6, 6.07) is 1.75. The number of ether oxygens (including phenoxy) is 1. The van der Waals surface area contributed by atoms with Crippen molar-refractivity contribution in [2.75, 3.05) is 6.61 Å². The van der Waals surface area contributed by atoms with E-state index in [0.29, 0.717) is 16.6 Å². The maximum Gasteiger partial charge on any atom is 0.286 e. The average molecular weight is 272 g/mol. The number of nitro benzene ring substituents is 1. The van der Waals surface area contributed by atoms with Crippen molar-refractivity contribution in [2.24, 2.45) is 0 Å². The lowest BCUT2D eigenvalue weighted by atomic mass is 10.0. The van der Waals surface area contributed by atoms with E-state index in [4.69, 9.17) is 4.74 Å². The van der Waals surface area contributed by atoms with Crippen molar-refractivity contribution in [1.82, 2.24) is 0 Å². The van der Waals surface area contributed by atoms with Gasteiger partial charge in [0.1, 0.15) is 10.2 Å². The Morgan fingerprint density at radius 3 is 3.00 bits per heavy atom. The molecule has 1 heterocycles. The van der Waals surface area contributed by atoms with E-state index in [1.165, 1.54) is 0 Å². The van der Waals surface area contributed by atoms with E-state index >= 15 is 0 Å². The molecule has 0 radical (unpaired) electrons. The molecule has 0 amide bonds. The van der Waals surface area contributed by atoms with Crippen LogP contribution in [-0.2, 0) is 6.42 Å². The summed E-state index contributed by atoms with van der Waals surface area (Å²) < 4.78 is 6.04. The second-order valence-corrected chi connectivity index (χ2v) is 4.33. The van der Waals surface area contributed by atoms with Crippen molar-refractivity contribution in [3.05, 3.63) is 31.8 Å². The third-order valence-electron chi connectivity index (χ3n) is 2.50. The van der Waals surface area contributed by atoms with Crippen LogP contribution in [0.3, 0.4) is 0 Å². The Kier molecular flexibility index (Phi) is 2.65. The fourth-order valence-corrected chi connectivity index (χ4v) is 2.64. The van der Waals surface area contributed by atoms with Gasteiger partial charge in [-0.25, -0.2) is 0 Å². The van der Waals surface area contributed by atoms with E-state index in [9.17, 15) is 10.1 Å². The zero-order chi connectivity index (χ0) is 11.0. The standard InChI is InChI=1S/C10H10BrNO3/c1-6-5-8-7(3-2-4-15-8)9(11)10(6)12(13)14/h5H,2-4H2,1H3. The van der Waals surface area contributed by atoms with Gasteiger partial charge in [-0.05, 0) is 41.8 Å². The molecule has 1 aliphatic heterocycles. The predicted molar refractivity (Wildman–Crippen MR) is 59.3 cm³/mol. The van der Waals surface area contributed by atoms with E-state index in [2.05, 4.69) is 15.9 Å². The number of nitro groups is 1. The molecular weight excluding hydrogens is 262 g/mol. The number of benzene rings is 1. The first kappa shape index (κ1) is 10.4. The minimum atomic E-state index is -0.353. The molecule has 1 aliphatic rings. The molecule has 4 nitrogen and oxygen atoms in total. The Morgan fingerprint density at radius 2 is 2.33 bits per heavy atom. The molecule has 0 spiro atoms. The highest BCUT2D eigenvalue weighted by atomic mass is 79.9. The topological polar surface area (TPSA) is 52.4 Å². The summed E-state index contributed by atoms with van der Waals surface area (Å²) in [4.78, 5) is 10.5. The van der Waals surface area contributed by atoms with Gasteiger partial charge in [-0.2, -0.15) is 0 Å². The van der Waals surface area contributed by atoms with Crippen molar-refractivity contribution in [3.8, 4) is 5.75 Å². The van der Waals surface area contributed by atoms with Gasteiger partial charge in [-0.1, -0.05) is 0 Å². The van der Waals surface area contributed by atoms with E-state index in [1.54, 1.807) is 13.0 Å². The lowest BCUT2D eigenvalue weighted by Crippen LogP contribution is -2.10. The van der Waals surface area contributed by atoms with Crippen LogP contribution in [0.5, 0.6) is 5.75 Å². The Morgan fingerprint density at radius 1 is 1.60 bits per heavy atom. The number of hydrogen-bond acceptors (Lipinski definition) is 3. The smallest absolute Gasteiger partial charge is 0.286 e. The molecule has 0 atom stereocenters. The van der Waals surface area contributed by atoms with Crippen LogP contribution < -0.4 is 4.74 Å². The molecule has 0 saturated heterocycles. The quantitative estimate of drug-likeness (QED) is 0.583. The van der Waals surface area contributed by atoms with E-state index in [1.807, 2.05) is 0 Å². The lowest BCUT2D eigenvalue weighted by Gasteiger charge is -2.19. The normalized spacial score (nSPS) is 14.3. The Labute approximate surface area is 95.5 Å². The van der Waals surface area contributed by atoms with Gasteiger partial charge in [0.25, 0.3) is 5.69 Å².